The zero-order valence-electron chi connectivity index (χ0n) is 23.4. The number of nitrogens with zero attached hydrogens (tertiary/aromatic N) is 3. The van der Waals surface area contributed by atoms with Crippen molar-refractivity contribution in [2.24, 2.45) is 16.3 Å². The van der Waals surface area contributed by atoms with Gasteiger partial charge >= 0.3 is 0 Å². The minimum absolute atomic E-state index is 0.126. The Hall–Kier alpha value is -3.57. The zero-order valence-corrected chi connectivity index (χ0v) is 24.2. The van der Waals surface area contributed by atoms with Crippen molar-refractivity contribution in [3.8, 4) is 0 Å². The Morgan fingerprint density at radius 3 is 2.42 bits per heavy atom. The number of carbonyl (C=O) groups excluding carboxylic acids is 3. The van der Waals surface area contributed by atoms with Gasteiger partial charge in [-0.2, -0.15) is 5.10 Å². The van der Waals surface area contributed by atoms with Crippen LogP contribution in [-0.2, 0) is 37.1 Å². The number of benzene rings is 2. The lowest BCUT2D eigenvalue weighted by Crippen LogP contribution is -2.60. The predicted octanol–water partition coefficient (Wildman–Crippen LogP) is 1.53. The first kappa shape index (κ1) is 29.4. The molecule has 1 saturated heterocycles. The monoisotopic (exact) mass is 567 g/mol. The molecule has 3 amide bonds. The standard InChI is InChI=1S/C29H37N5O5S/c1-28(2,30)26(36)31-22(15-14-21-12-8-9-13-23(21)40(4,38)39)25(35)34-17-16-24-29(19-34,27(37)33(3)32-24)18-20-10-6-5-7-11-20/h5-13,22H,14-19,30H2,1-4H3,(H,31,36). The number of hydrogen-bond donors (Lipinski definition) is 2. The van der Waals surface area contributed by atoms with E-state index in [1.165, 1.54) is 11.1 Å². The highest BCUT2D eigenvalue weighted by atomic mass is 32.2. The molecule has 0 radical (unpaired) electrons. The lowest BCUT2D eigenvalue weighted by atomic mass is 9.73. The molecule has 2 aliphatic rings. The molecule has 0 saturated carbocycles. The number of carbonyl (C=O) groups is 3. The van der Waals surface area contributed by atoms with Crippen molar-refractivity contribution in [3.63, 3.8) is 0 Å². The van der Waals surface area contributed by atoms with Crippen molar-refractivity contribution in [1.82, 2.24) is 15.2 Å². The van der Waals surface area contributed by atoms with Gasteiger partial charge in [-0.3, -0.25) is 14.4 Å². The molecule has 3 N–H and O–H groups in total. The van der Waals surface area contributed by atoms with Gasteiger partial charge in [0.15, 0.2) is 9.84 Å². The fourth-order valence-corrected chi connectivity index (χ4v) is 6.38. The Morgan fingerprint density at radius 2 is 1.77 bits per heavy atom. The number of fused-ring (bicyclic) bond motifs is 1. The largest absolute Gasteiger partial charge is 0.343 e. The minimum Gasteiger partial charge on any atom is -0.343 e. The van der Waals surface area contributed by atoms with Crippen LogP contribution < -0.4 is 11.1 Å². The number of hydrazone groups is 1. The fraction of sp³-hybridized carbons (Fsp3) is 0.448. The summed E-state index contributed by atoms with van der Waals surface area (Å²) in [5, 5.41) is 8.65. The maximum atomic E-state index is 14.0. The molecule has 0 bridgehead atoms. The van der Waals surface area contributed by atoms with Gasteiger partial charge in [-0.05, 0) is 50.3 Å². The summed E-state index contributed by atoms with van der Waals surface area (Å²) in [6, 6.07) is 15.3. The Morgan fingerprint density at radius 1 is 1.12 bits per heavy atom. The van der Waals surface area contributed by atoms with E-state index in [2.05, 4.69) is 10.4 Å². The summed E-state index contributed by atoms with van der Waals surface area (Å²) in [5.74, 6) is -1.02. The van der Waals surface area contributed by atoms with E-state index in [0.29, 0.717) is 24.9 Å². The van der Waals surface area contributed by atoms with Gasteiger partial charge in [-0.25, -0.2) is 13.4 Å². The van der Waals surface area contributed by atoms with E-state index >= 15 is 0 Å². The van der Waals surface area contributed by atoms with Crippen LogP contribution in [0.15, 0.2) is 64.6 Å². The van der Waals surface area contributed by atoms with Crippen molar-refractivity contribution in [1.29, 1.82) is 0 Å². The van der Waals surface area contributed by atoms with E-state index in [1.807, 2.05) is 30.3 Å². The van der Waals surface area contributed by atoms with E-state index in [9.17, 15) is 22.8 Å². The van der Waals surface area contributed by atoms with Crippen LogP contribution in [0, 0.1) is 5.41 Å². The second kappa shape index (κ2) is 11.1. The van der Waals surface area contributed by atoms with Crippen LogP contribution in [0.2, 0.25) is 0 Å². The first-order valence-corrected chi connectivity index (χ1v) is 15.2. The molecule has 10 nitrogen and oxygen atoms in total. The molecule has 40 heavy (non-hydrogen) atoms. The maximum Gasteiger partial charge on any atom is 0.256 e. The van der Waals surface area contributed by atoms with Crippen LogP contribution in [-0.4, -0.2) is 79.7 Å². The highest BCUT2D eigenvalue weighted by Crippen LogP contribution is 2.38. The molecule has 11 heteroatoms. The second-order valence-corrected chi connectivity index (χ2v) is 13.3. The average Bonchev–Trinajstić information content (AvgIpc) is 3.14. The first-order valence-electron chi connectivity index (χ1n) is 13.3. The van der Waals surface area contributed by atoms with Crippen LogP contribution in [0.25, 0.3) is 0 Å². The molecule has 0 aromatic heterocycles. The number of rotatable bonds is 9. The quantitative estimate of drug-likeness (QED) is 0.471. The third-order valence-electron chi connectivity index (χ3n) is 7.53. The molecule has 0 spiro atoms. The Bertz CT molecular complexity index is 1430. The number of piperidine rings is 1. The van der Waals surface area contributed by atoms with E-state index in [1.54, 1.807) is 44.0 Å². The summed E-state index contributed by atoms with van der Waals surface area (Å²) in [7, 11) is -1.86. The van der Waals surface area contributed by atoms with E-state index < -0.39 is 32.7 Å². The maximum absolute atomic E-state index is 14.0. The third-order valence-corrected chi connectivity index (χ3v) is 8.73. The number of aryl methyl sites for hydroxylation is 1. The van der Waals surface area contributed by atoms with Crippen LogP contribution in [0.1, 0.15) is 37.8 Å². The van der Waals surface area contributed by atoms with Gasteiger partial charge in [-0.1, -0.05) is 48.5 Å². The third kappa shape index (κ3) is 6.10. The number of hydrogen-bond acceptors (Lipinski definition) is 7. The summed E-state index contributed by atoms with van der Waals surface area (Å²) < 4.78 is 24.7. The van der Waals surface area contributed by atoms with Crippen molar-refractivity contribution >= 4 is 33.3 Å². The van der Waals surface area contributed by atoms with Gasteiger partial charge < -0.3 is 16.0 Å². The van der Waals surface area contributed by atoms with Crippen LogP contribution in [0.5, 0.6) is 0 Å². The zero-order chi connectivity index (χ0) is 29.3. The van der Waals surface area contributed by atoms with Crippen LogP contribution >= 0.6 is 0 Å². The van der Waals surface area contributed by atoms with Crippen molar-refractivity contribution in [2.45, 2.75) is 56.0 Å². The van der Waals surface area contributed by atoms with E-state index in [0.717, 1.165) is 17.5 Å². The molecular formula is C29H37N5O5S. The Kier molecular flexibility index (Phi) is 8.18. The van der Waals surface area contributed by atoms with Crippen LogP contribution in [0.4, 0.5) is 0 Å². The summed E-state index contributed by atoms with van der Waals surface area (Å²) in [4.78, 5) is 42.2. The molecule has 4 rings (SSSR count). The highest BCUT2D eigenvalue weighted by Gasteiger charge is 2.53. The smallest absolute Gasteiger partial charge is 0.256 e. The van der Waals surface area contributed by atoms with Gasteiger partial charge in [0.1, 0.15) is 11.5 Å². The molecule has 2 atom stereocenters. The number of nitrogens with one attached hydrogen (secondary N) is 1. The lowest BCUT2D eigenvalue weighted by molar-refractivity contribution is -0.142. The molecule has 0 aliphatic carbocycles. The molecule has 2 aliphatic heterocycles. The molecule has 214 valence electrons. The van der Waals surface area contributed by atoms with Crippen LogP contribution in [0.3, 0.4) is 0 Å². The molecule has 2 aromatic carbocycles. The Labute approximate surface area is 235 Å². The predicted molar refractivity (Wildman–Crippen MR) is 152 cm³/mol. The average molecular weight is 568 g/mol. The summed E-state index contributed by atoms with van der Waals surface area (Å²) in [5.41, 5.74) is 6.07. The number of nitrogens with two attached hydrogens (primary N) is 1. The number of amides is 3. The van der Waals surface area contributed by atoms with Gasteiger partial charge in [0, 0.05) is 32.8 Å². The Balaban J connectivity index is 1.62. The number of sulfone groups is 1. The minimum atomic E-state index is -3.49. The molecule has 2 heterocycles. The van der Waals surface area contributed by atoms with E-state index in [4.69, 9.17) is 5.73 Å². The van der Waals surface area contributed by atoms with Gasteiger partial charge in [-0.15, -0.1) is 0 Å². The molecular weight excluding hydrogens is 530 g/mol. The molecule has 2 aromatic rings. The summed E-state index contributed by atoms with van der Waals surface area (Å²) >= 11 is 0. The second-order valence-electron chi connectivity index (χ2n) is 11.3. The normalized spacial score (nSPS) is 20.1. The first-order chi connectivity index (χ1) is 18.7. The molecule has 1 fully saturated rings. The SMILES string of the molecule is CN1N=C2CCN(C(=O)C(CCc3ccccc3S(C)(=O)=O)NC(=O)C(C)(C)N)CC2(Cc2ccccc2)C1=O. The number of likely N-dealkylation sites (tertiary alicyclic amines) is 1. The fourth-order valence-electron chi connectivity index (χ4n) is 5.41. The lowest BCUT2D eigenvalue weighted by Gasteiger charge is -2.41. The van der Waals surface area contributed by atoms with Crippen molar-refractivity contribution < 1.29 is 22.8 Å². The van der Waals surface area contributed by atoms with Gasteiger partial charge in [0.05, 0.1) is 16.1 Å². The van der Waals surface area contributed by atoms with Gasteiger partial charge in [0.25, 0.3) is 5.91 Å². The van der Waals surface area contributed by atoms with Gasteiger partial charge in [0.2, 0.25) is 11.8 Å². The summed E-state index contributed by atoms with van der Waals surface area (Å²) in [6.45, 7) is 3.57. The molecule has 2 unspecified atom stereocenters. The highest BCUT2D eigenvalue weighted by molar-refractivity contribution is 7.90. The van der Waals surface area contributed by atoms with Crippen molar-refractivity contribution in [2.75, 3.05) is 26.4 Å². The topological polar surface area (TPSA) is 142 Å². The summed E-state index contributed by atoms with van der Waals surface area (Å²) in [6.07, 6.45) is 2.36. The van der Waals surface area contributed by atoms with E-state index in [-0.39, 0.29) is 36.1 Å². The van der Waals surface area contributed by atoms with Crippen molar-refractivity contribution in [3.05, 3.63) is 65.7 Å².